The third kappa shape index (κ3) is 13.1. The van der Waals surface area contributed by atoms with Gasteiger partial charge in [0, 0.05) is 57.5 Å². The number of carbonyl (C=O) groups excluding carboxylic acids is 3. The summed E-state index contributed by atoms with van der Waals surface area (Å²) in [4.78, 5) is 55.0. The molecule has 4 fully saturated rings. The van der Waals surface area contributed by atoms with Crippen LogP contribution in [-0.4, -0.2) is 121 Å². The van der Waals surface area contributed by atoms with Crippen LogP contribution in [0.5, 0.6) is 0 Å². The van der Waals surface area contributed by atoms with E-state index >= 15 is 8.78 Å². The van der Waals surface area contributed by atoms with Crippen molar-refractivity contribution >= 4 is 41.1 Å². The molecule has 2 aromatic heterocycles. The number of nitrogens with one attached hydrogen (secondary N) is 1. The average Bonchev–Trinajstić information content (AvgIpc) is 1.56. The fourth-order valence-electron chi connectivity index (χ4n) is 13.3. The van der Waals surface area contributed by atoms with Gasteiger partial charge in [-0.1, -0.05) is 47.5 Å². The molecule has 6 aromatic rings. The predicted molar refractivity (Wildman–Crippen MR) is 340 cm³/mol. The van der Waals surface area contributed by atoms with Gasteiger partial charge in [0.05, 0.1) is 95.5 Å². The van der Waals surface area contributed by atoms with Gasteiger partial charge in [-0.05, 0) is 195 Å². The Morgan fingerprint density at radius 2 is 1.03 bits per heavy atom. The van der Waals surface area contributed by atoms with E-state index in [9.17, 15) is 45.3 Å². The number of ether oxygens (including phenoxy) is 3. The zero-order valence-corrected chi connectivity index (χ0v) is 54.2. The fourth-order valence-corrected chi connectivity index (χ4v) is 13.6. The monoisotopic (exact) mass is 1310 g/mol. The summed E-state index contributed by atoms with van der Waals surface area (Å²) >= 11 is 12.5. The molecule has 6 heterocycles. The van der Waals surface area contributed by atoms with E-state index in [2.05, 4.69) is 15.3 Å². The Kier molecular flexibility index (Phi) is 18.7. The molecule has 4 atom stereocenters. The molecule has 2 saturated carbocycles. The van der Waals surface area contributed by atoms with E-state index < -0.39 is 68.6 Å². The van der Waals surface area contributed by atoms with Crippen molar-refractivity contribution in [3.05, 3.63) is 198 Å². The highest BCUT2D eigenvalue weighted by Crippen LogP contribution is 2.55. The van der Waals surface area contributed by atoms with Crippen LogP contribution in [-0.2, 0) is 50.0 Å². The second kappa shape index (κ2) is 26.0. The van der Waals surface area contributed by atoms with Crippen LogP contribution in [0, 0.1) is 57.0 Å². The quantitative estimate of drug-likeness (QED) is 0.0536. The first kappa shape index (κ1) is 67.0. The number of piperidine rings is 2. The second-order valence-electron chi connectivity index (χ2n) is 27.1. The number of nitrogens with zero attached hydrogens (tertiary/aromatic N) is 7. The Labute approximate surface area is 549 Å². The van der Waals surface area contributed by atoms with Crippen LogP contribution in [0.4, 0.5) is 13.6 Å². The molecule has 2 aliphatic carbocycles. The Hall–Kier alpha value is -7.47. The Balaban J connectivity index is 0.000000192. The van der Waals surface area contributed by atoms with Crippen LogP contribution in [0.1, 0.15) is 163 Å². The fraction of sp³-hybridized carbons (Fsp3) is 0.451. The molecule has 93 heavy (non-hydrogen) atoms. The molecule has 22 heteroatoms. The first-order valence-corrected chi connectivity index (χ1v) is 32.2. The summed E-state index contributed by atoms with van der Waals surface area (Å²) in [6.45, 7) is 10.7. The van der Waals surface area contributed by atoms with Crippen molar-refractivity contribution in [1.29, 1.82) is 10.5 Å². The number of hydrogen-bond acceptors (Lipinski definition) is 15. The second-order valence-corrected chi connectivity index (χ2v) is 28.0. The van der Waals surface area contributed by atoms with Gasteiger partial charge >= 0.3 is 6.09 Å². The van der Waals surface area contributed by atoms with Gasteiger partial charge < -0.3 is 44.9 Å². The summed E-state index contributed by atoms with van der Waals surface area (Å²) in [6.07, 6.45) is 7.66. The van der Waals surface area contributed by atoms with Crippen LogP contribution < -0.4 is 5.32 Å². The molecule has 5 N–H and O–H groups in total. The average molecular weight is 1310 g/mol. The van der Waals surface area contributed by atoms with Gasteiger partial charge in [0.1, 0.15) is 29.4 Å². The summed E-state index contributed by atoms with van der Waals surface area (Å²) < 4.78 is 52.6. The van der Waals surface area contributed by atoms with E-state index in [0.29, 0.717) is 75.2 Å². The Bertz CT molecular complexity index is 3870. The maximum absolute atomic E-state index is 17.0. The van der Waals surface area contributed by atoms with E-state index in [-0.39, 0.29) is 79.2 Å². The minimum Gasteiger partial charge on any atom is -0.444 e. The molecule has 4 aliphatic heterocycles. The lowest BCUT2D eigenvalue weighted by Gasteiger charge is -2.41. The number of halogens is 4. The number of aliphatic hydroxyl groups is 4. The smallest absolute Gasteiger partial charge is 0.410 e. The van der Waals surface area contributed by atoms with Crippen molar-refractivity contribution in [2.24, 2.45) is 22.7 Å². The van der Waals surface area contributed by atoms with Gasteiger partial charge in [0.25, 0.3) is 11.8 Å². The number of aromatic nitrogens is 2. The highest BCUT2D eigenvalue weighted by Gasteiger charge is 2.59. The molecule has 0 bridgehead atoms. The van der Waals surface area contributed by atoms with Gasteiger partial charge in [0.15, 0.2) is 11.4 Å². The summed E-state index contributed by atoms with van der Waals surface area (Å²) in [5.74, 6) is -2.88. The third-order valence-electron chi connectivity index (χ3n) is 19.6. The van der Waals surface area contributed by atoms with Crippen LogP contribution in [0.2, 0.25) is 10.0 Å². The molecule has 2 saturated heterocycles. The number of rotatable bonds is 18. The first-order chi connectivity index (χ1) is 44.3. The molecule has 12 rings (SSSR count). The highest BCUT2D eigenvalue weighted by molar-refractivity contribution is 6.30. The third-order valence-corrected chi connectivity index (χ3v) is 20.1. The van der Waals surface area contributed by atoms with Crippen molar-refractivity contribution in [2.45, 2.75) is 127 Å². The molecule has 0 spiro atoms. The van der Waals surface area contributed by atoms with Crippen LogP contribution >= 0.6 is 23.2 Å². The van der Waals surface area contributed by atoms with Crippen LogP contribution in [0.25, 0.3) is 0 Å². The molecular weight excluding hydrogens is 1230 g/mol. The molecule has 2 unspecified atom stereocenters. The van der Waals surface area contributed by atoms with E-state index in [1.165, 1.54) is 34.3 Å². The zero-order chi connectivity index (χ0) is 66.5. The number of nitriles is 2. The summed E-state index contributed by atoms with van der Waals surface area (Å²) in [5.41, 5.74) is -4.70. The maximum atomic E-state index is 17.0. The summed E-state index contributed by atoms with van der Waals surface area (Å²) in [7, 11) is 0. The van der Waals surface area contributed by atoms with Crippen molar-refractivity contribution in [1.82, 2.24) is 30.0 Å². The summed E-state index contributed by atoms with van der Waals surface area (Å²) in [6, 6.07) is 29.7. The SMILES string of the molecule is CC(C)(C)OC(=O)N1CCC(C(C)(O)c2cc(F)c3c(c2)C(=O)N(Cc2ccc(C#N)cn2)[C@@]3(OCC2(CO)CC2)c2ccc(Cl)cc2)CC1.CC(O)(c1cc(F)c2c(c1)C(=O)N(Cc1ccc(C#N)cn1)[C@@]2(OCC1(CO)CC1)c1ccc(Cl)cc1)C1CCNCC1. The van der Waals surface area contributed by atoms with Gasteiger partial charge in [-0.25, -0.2) is 13.6 Å². The topological polar surface area (TPSA) is 255 Å². The number of pyridine rings is 2. The van der Waals surface area contributed by atoms with E-state index in [1.54, 1.807) is 124 Å². The Morgan fingerprint density at radius 3 is 1.38 bits per heavy atom. The largest absolute Gasteiger partial charge is 0.444 e. The number of likely N-dealkylation sites (tertiary alicyclic amines) is 1. The lowest BCUT2D eigenvalue weighted by Crippen LogP contribution is -2.48. The minimum atomic E-state index is -1.77. The molecule has 0 radical (unpaired) electrons. The van der Waals surface area contributed by atoms with Crippen molar-refractivity contribution in [3.8, 4) is 12.1 Å². The number of amides is 3. The summed E-state index contributed by atoms with van der Waals surface area (Å²) in [5, 5.41) is 66.7. The van der Waals surface area contributed by atoms with Crippen molar-refractivity contribution in [3.63, 3.8) is 0 Å². The predicted octanol–water partition coefficient (Wildman–Crippen LogP) is 10.8. The van der Waals surface area contributed by atoms with Crippen molar-refractivity contribution < 1.29 is 57.8 Å². The maximum Gasteiger partial charge on any atom is 0.410 e. The molecule has 3 amide bonds. The van der Waals surface area contributed by atoms with Crippen LogP contribution in [0.3, 0.4) is 0 Å². The van der Waals surface area contributed by atoms with E-state index in [4.69, 9.17) is 37.4 Å². The van der Waals surface area contributed by atoms with Gasteiger partial charge in [-0.15, -0.1) is 0 Å². The first-order valence-electron chi connectivity index (χ1n) is 31.4. The van der Waals surface area contributed by atoms with Crippen molar-refractivity contribution in [2.75, 3.05) is 52.6 Å². The number of aliphatic hydroxyl groups excluding tert-OH is 2. The number of hydrogen-bond donors (Lipinski definition) is 5. The van der Waals surface area contributed by atoms with Gasteiger partial charge in [-0.3, -0.25) is 29.4 Å². The van der Waals surface area contributed by atoms with Gasteiger partial charge in [-0.2, -0.15) is 10.5 Å². The standard InChI is InChI=1S/C38H42ClFN4O6.C33H34ClFN4O4/c1-35(2,3)50-34(47)43-15-11-25(12-16-43)36(4,48)27-17-30-32(31(40)18-27)38(26-6-8-28(39)9-7-26,49-23-37(22-45)13-14-37)44(33(30)46)21-29-10-5-24(19-41)20-42-29;1-31(42,22-8-12-37-13-9-22)24-14-27-29(28(35)15-24)33(23-3-5-25(34)6-4-23,43-20-32(19-40)10-11-32)39(30(27)41)18-26-7-2-21(16-36)17-38-26/h5-10,17-18,20,25,45,48H,11-16,21-23H2,1-4H3;2-7,14-15,17,22,37,40,42H,8-13,18-20H2,1H3/t36?,38-;31?,33-/m11/s1. The zero-order valence-electron chi connectivity index (χ0n) is 52.7. The number of fused-ring (bicyclic) bond motifs is 2. The normalized spacial score (nSPS) is 21.9. The lowest BCUT2D eigenvalue weighted by atomic mass is 9.76. The van der Waals surface area contributed by atoms with E-state index in [0.717, 1.165) is 51.6 Å². The molecule has 4 aromatic carbocycles. The molecule has 18 nitrogen and oxygen atoms in total. The highest BCUT2D eigenvalue weighted by atomic mass is 35.5. The number of carbonyl (C=O) groups is 3. The molecular formula is C71H76Cl2F2N8O10. The Morgan fingerprint density at radius 1 is 0.634 bits per heavy atom. The van der Waals surface area contributed by atoms with E-state index in [1.807, 2.05) is 12.1 Å². The van der Waals surface area contributed by atoms with Gasteiger partial charge in [0.2, 0.25) is 0 Å². The lowest BCUT2D eigenvalue weighted by molar-refractivity contribution is -0.131. The molecule has 488 valence electrons. The number of benzene rings is 4. The minimum absolute atomic E-state index is 0.00787. The molecule has 6 aliphatic rings. The van der Waals surface area contributed by atoms with Crippen LogP contribution in [0.15, 0.2) is 109 Å².